The van der Waals surface area contributed by atoms with Gasteiger partial charge in [0.2, 0.25) is 4.33 Å². The second kappa shape index (κ2) is 3.87. The van der Waals surface area contributed by atoms with Crippen molar-refractivity contribution in [3.8, 4) is 0 Å². The third-order valence-corrected chi connectivity index (χ3v) is 7.04. The molecule has 0 atom stereocenters. The van der Waals surface area contributed by atoms with Crippen LogP contribution in [0.3, 0.4) is 0 Å². The number of hydrogen-bond donors (Lipinski definition) is 0. The maximum atomic E-state index is 2.39. The number of nitrogens with zero attached hydrogens (tertiary/aromatic N) is 2. The molecule has 4 rings (SSSR count). The van der Waals surface area contributed by atoms with Crippen LogP contribution in [0, 0.1) is 0 Å². The zero-order chi connectivity index (χ0) is 13.0. The zero-order valence-electron chi connectivity index (χ0n) is 10.8. The normalized spacial score (nSPS) is 18.8. The molecule has 0 aromatic heterocycles. The second-order valence-corrected chi connectivity index (χ2v) is 7.49. The van der Waals surface area contributed by atoms with Gasteiger partial charge in [-0.1, -0.05) is 47.8 Å². The molecule has 0 amide bonds. The summed E-state index contributed by atoms with van der Waals surface area (Å²) in [4.78, 5) is 7.49. The summed E-state index contributed by atoms with van der Waals surface area (Å²) in [5, 5.41) is 0. The number of rotatable bonds is 0. The minimum atomic E-state index is -0.0760. The molecule has 0 unspecified atom stereocenters. The SMILES string of the molecule is CN1c2ccccc2SC12Sc1ccccc1N2C. The van der Waals surface area contributed by atoms with E-state index in [1.54, 1.807) is 0 Å². The third kappa shape index (κ3) is 1.41. The Morgan fingerprint density at radius 3 is 1.58 bits per heavy atom. The smallest absolute Gasteiger partial charge is 0.220 e. The molecule has 0 radical (unpaired) electrons. The van der Waals surface area contributed by atoms with Crippen molar-refractivity contribution in [1.29, 1.82) is 0 Å². The van der Waals surface area contributed by atoms with Crippen LogP contribution in [0.15, 0.2) is 58.3 Å². The first-order valence-electron chi connectivity index (χ1n) is 6.26. The van der Waals surface area contributed by atoms with Gasteiger partial charge in [-0.25, -0.2) is 0 Å². The molecule has 96 valence electrons. The lowest BCUT2D eigenvalue weighted by Gasteiger charge is -2.38. The van der Waals surface area contributed by atoms with Gasteiger partial charge < -0.3 is 9.80 Å². The van der Waals surface area contributed by atoms with Crippen molar-refractivity contribution in [3.05, 3.63) is 48.5 Å². The van der Waals surface area contributed by atoms with Crippen LogP contribution in [-0.2, 0) is 0 Å². The summed E-state index contributed by atoms with van der Waals surface area (Å²) < 4.78 is -0.0760. The minimum absolute atomic E-state index is 0.0760. The second-order valence-electron chi connectivity index (χ2n) is 4.81. The van der Waals surface area contributed by atoms with Gasteiger partial charge in [-0.05, 0) is 24.3 Å². The highest BCUT2D eigenvalue weighted by molar-refractivity contribution is 8.19. The fourth-order valence-corrected chi connectivity index (χ4v) is 5.88. The first kappa shape index (κ1) is 11.6. The van der Waals surface area contributed by atoms with Crippen LogP contribution in [0.4, 0.5) is 11.4 Å². The molecule has 0 fully saturated rings. The molecule has 0 saturated carbocycles. The summed E-state index contributed by atoms with van der Waals surface area (Å²) in [5.41, 5.74) is 2.64. The first-order chi connectivity index (χ1) is 9.22. The van der Waals surface area contributed by atoms with E-state index in [1.165, 1.54) is 21.2 Å². The largest absolute Gasteiger partial charge is 0.333 e. The lowest BCUT2D eigenvalue weighted by molar-refractivity contribution is 0.773. The average Bonchev–Trinajstić information content (AvgIpc) is 2.88. The van der Waals surface area contributed by atoms with Crippen LogP contribution in [0.25, 0.3) is 0 Å². The van der Waals surface area contributed by atoms with E-state index < -0.39 is 0 Å². The third-order valence-electron chi connectivity index (χ3n) is 3.79. The van der Waals surface area contributed by atoms with E-state index in [4.69, 9.17) is 0 Å². The number of hydrogen-bond acceptors (Lipinski definition) is 4. The fourth-order valence-electron chi connectivity index (χ4n) is 2.75. The number of fused-ring (bicyclic) bond motifs is 2. The number of para-hydroxylation sites is 2. The molecule has 2 aliphatic heterocycles. The molecule has 2 aliphatic rings. The number of thioether (sulfide) groups is 2. The Morgan fingerprint density at radius 1 is 0.737 bits per heavy atom. The van der Waals surface area contributed by atoms with Crippen LogP contribution in [-0.4, -0.2) is 18.4 Å². The van der Waals surface area contributed by atoms with Gasteiger partial charge in [-0.3, -0.25) is 0 Å². The maximum Gasteiger partial charge on any atom is 0.220 e. The van der Waals surface area contributed by atoms with Gasteiger partial charge in [0.25, 0.3) is 0 Å². The van der Waals surface area contributed by atoms with E-state index in [0.717, 1.165) is 0 Å². The molecule has 2 aromatic carbocycles. The Kier molecular flexibility index (Phi) is 2.35. The topological polar surface area (TPSA) is 6.48 Å². The Labute approximate surface area is 121 Å². The molecule has 0 saturated heterocycles. The predicted octanol–water partition coefficient (Wildman–Crippen LogP) is 4.08. The van der Waals surface area contributed by atoms with Crippen LogP contribution < -0.4 is 9.80 Å². The molecular formula is C15H14N2S2. The zero-order valence-corrected chi connectivity index (χ0v) is 12.5. The van der Waals surface area contributed by atoms with Crippen molar-refractivity contribution in [3.63, 3.8) is 0 Å². The van der Waals surface area contributed by atoms with E-state index in [9.17, 15) is 0 Å². The van der Waals surface area contributed by atoms with Crippen LogP contribution in [0.2, 0.25) is 0 Å². The molecular weight excluding hydrogens is 272 g/mol. The van der Waals surface area contributed by atoms with Gasteiger partial charge in [0.15, 0.2) is 0 Å². The van der Waals surface area contributed by atoms with E-state index >= 15 is 0 Å². The summed E-state index contributed by atoms with van der Waals surface area (Å²) in [7, 11) is 4.38. The summed E-state index contributed by atoms with van der Waals surface area (Å²) in [6.45, 7) is 0. The molecule has 1 spiro atoms. The Bertz CT molecular complexity index is 599. The Hall–Kier alpha value is -1.26. The van der Waals surface area contributed by atoms with Crippen LogP contribution >= 0.6 is 23.5 Å². The van der Waals surface area contributed by atoms with E-state index in [2.05, 4.69) is 72.4 Å². The minimum Gasteiger partial charge on any atom is -0.333 e. The Balaban J connectivity index is 1.84. The average molecular weight is 286 g/mol. The summed E-state index contributed by atoms with van der Waals surface area (Å²) in [5.74, 6) is 0. The van der Waals surface area contributed by atoms with Crippen molar-refractivity contribution in [2.75, 3.05) is 23.9 Å². The van der Waals surface area contributed by atoms with E-state index in [0.29, 0.717) is 0 Å². The lowest BCUT2D eigenvalue weighted by Crippen LogP contribution is -2.48. The summed E-state index contributed by atoms with van der Waals surface area (Å²) in [6, 6.07) is 17.3. The van der Waals surface area contributed by atoms with Crippen molar-refractivity contribution < 1.29 is 0 Å². The lowest BCUT2D eigenvalue weighted by atomic mass is 10.3. The monoisotopic (exact) mass is 286 g/mol. The van der Waals surface area contributed by atoms with Gasteiger partial charge in [0, 0.05) is 23.9 Å². The van der Waals surface area contributed by atoms with E-state index in [-0.39, 0.29) is 4.33 Å². The maximum absolute atomic E-state index is 2.39. The number of anilines is 2. The predicted molar refractivity (Wildman–Crippen MR) is 84.1 cm³/mol. The van der Waals surface area contributed by atoms with Gasteiger partial charge in [-0.2, -0.15) is 0 Å². The molecule has 4 heteroatoms. The molecule has 0 aliphatic carbocycles. The van der Waals surface area contributed by atoms with Crippen LogP contribution in [0.1, 0.15) is 0 Å². The van der Waals surface area contributed by atoms with Gasteiger partial charge in [-0.15, -0.1) is 0 Å². The molecule has 0 N–H and O–H groups in total. The van der Waals surface area contributed by atoms with E-state index in [1.807, 2.05) is 23.5 Å². The molecule has 2 nitrogen and oxygen atoms in total. The standard InChI is InChI=1S/C15H14N2S2/c1-16-11-7-3-5-9-13(11)18-15(16)17(2)12-8-4-6-10-14(12)19-15/h3-10H,1-2H3. The van der Waals surface area contributed by atoms with Crippen molar-refractivity contribution in [2.45, 2.75) is 14.1 Å². The first-order valence-corrected chi connectivity index (χ1v) is 7.89. The van der Waals surface area contributed by atoms with Gasteiger partial charge in [0.05, 0.1) is 11.4 Å². The fraction of sp³-hybridized carbons (Fsp3) is 0.200. The molecule has 2 heterocycles. The summed E-state index contributed by atoms with van der Waals surface area (Å²) >= 11 is 3.87. The highest BCUT2D eigenvalue weighted by Gasteiger charge is 2.51. The van der Waals surface area contributed by atoms with Crippen LogP contribution in [0.5, 0.6) is 0 Å². The molecule has 2 aromatic rings. The highest BCUT2D eigenvalue weighted by Crippen LogP contribution is 2.63. The molecule has 19 heavy (non-hydrogen) atoms. The van der Waals surface area contributed by atoms with Gasteiger partial charge >= 0.3 is 0 Å². The highest BCUT2D eigenvalue weighted by atomic mass is 32.2. The van der Waals surface area contributed by atoms with Crippen molar-refractivity contribution in [2.24, 2.45) is 0 Å². The quantitative estimate of drug-likeness (QED) is 0.719. The van der Waals surface area contributed by atoms with Crippen molar-refractivity contribution in [1.82, 2.24) is 0 Å². The van der Waals surface area contributed by atoms with Gasteiger partial charge in [0.1, 0.15) is 0 Å². The summed E-state index contributed by atoms with van der Waals surface area (Å²) in [6.07, 6.45) is 0. The number of benzene rings is 2. The molecule has 0 bridgehead atoms. The Morgan fingerprint density at radius 2 is 1.16 bits per heavy atom. The van der Waals surface area contributed by atoms with Crippen molar-refractivity contribution >= 4 is 34.9 Å².